The predicted molar refractivity (Wildman–Crippen MR) is 65.0 cm³/mol. The monoisotopic (exact) mass is 213 g/mol. The number of aliphatic hydroxyl groups excluding tert-OH is 1. The molecule has 1 fully saturated rings. The Morgan fingerprint density at radius 2 is 1.93 bits per heavy atom. The maximum Gasteiger partial charge on any atom is 0.0431 e. The van der Waals surface area contributed by atoms with E-state index in [2.05, 4.69) is 18.7 Å². The molecular formula is C13H27NO. The Morgan fingerprint density at radius 3 is 2.53 bits per heavy atom. The van der Waals surface area contributed by atoms with Gasteiger partial charge in [0, 0.05) is 12.6 Å². The van der Waals surface area contributed by atoms with Gasteiger partial charge in [-0.3, -0.25) is 0 Å². The maximum absolute atomic E-state index is 8.80. The van der Waals surface area contributed by atoms with Crippen LogP contribution in [0.1, 0.15) is 52.4 Å². The predicted octanol–water partition coefficient (Wildman–Crippen LogP) is 2.66. The van der Waals surface area contributed by atoms with E-state index >= 15 is 0 Å². The minimum atomic E-state index is 0.345. The lowest BCUT2D eigenvalue weighted by Gasteiger charge is -2.38. The van der Waals surface area contributed by atoms with Crippen LogP contribution in [-0.2, 0) is 0 Å². The third-order valence-electron chi connectivity index (χ3n) is 3.79. The van der Waals surface area contributed by atoms with Crippen LogP contribution in [0, 0.1) is 5.92 Å². The molecule has 0 radical (unpaired) electrons. The Kier molecular flexibility index (Phi) is 6.26. The second kappa shape index (κ2) is 7.24. The van der Waals surface area contributed by atoms with Crippen LogP contribution < -0.4 is 0 Å². The molecular weight excluding hydrogens is 186 g/mol. The molecule has 0 bridgehead atoms. The van der Waals surface area contributed by atoms with Crippen LogP contribution >= 0.6 is 0 Å². The summed E-state index contributed by atoms with van der Waals surface area (Å²) in [5.41, 5.74) is 0. The first-order valence-electron chi connectivity index (χ1n) is 6.64. The van der Waals surface area contributed by atoms with E-state index in [0.29, 0.717) is 6.61 Å². The van der Waals surface area contributed by atoms with Gasteiger partial charge in [-0.05, 0) is 44.7 Å². The third-order valence-corrected chi connectivity index (χ3v) is 3.79. The summed E-state index contributed by atoms with van der Waals surface area (Å²) in [7, 11) is 0. The Labute approximate surface area is 94.7 Å². The molecule has 0 aromatic heterocycles. The van der Waals surface area contributed by atoms with Crippen molar-refractivity contribution in [2.75, 3.05) is 19.7 Å². The Morgan fingerprint density at radius 1 is 1.20 bits per heavy atom. The molecule has 1 aliphatic rings. The Balaban J connectivity index is 2.34. The molecule has 15 heavy (non-hydrogen) atoms. The lowest BCUT2D eigenvalue weighted by molar-refractivity contribution is 0.113. The highest BCUT2D eigenvalue weighted by Crippen LogP contribution is 2.28. The van der Waals surface area contributed by atoms with Crippen LogP contribution in [0.3, 0.4) is 0 Å². The van der Waals surface area contributed by atoms with E-state index in [-0.39, 0.29) is 0 Å². The second-order valence-electron chi connectivity index (χ2n) is 4.89. The molecule has 2 unspecified atom stereocenters. The number of aliphatic hydroxyl groups is 1. The van der Waals surface area contributed by atoms with Gasteiger partial charge in [0.15, 0.2) is 0 Å². The fourth-order valence-electron chi connectivity index (χ4n) is 2.82. The second-order valence-corrected chi connectivity index (χ2v) is 4.89. The molecule has 0 heterocycles. The van der Waals surface area contributed by atoms with Crippen molar-refractivity contribution in [3.05, 3.63) is 0 Å². The molecule has 0 spiro atoms. The van der Waals surface area contributed by atoms with Gasteiger partial charge in [-0.25, -0.2) is 0 Å². The zero-order chi connectivity index (χ0) is 11.1. The fourth-order valence-corrected chi connectivity index (χ4v) is 2.82. The first-order chi connectivity index (χ1) is 7.29. The van der Waals surface area contributed by atoms with Crippen LogP contribution in [-0.4, -0.2) is 35.7 Å². The number of rotatable bonds is 6. The molecule has 0 aromatic carbocycles. The summed E-state index contributed by atoms with van der Waals surface area (Å²) in [6, 6.07) is 0.808. The van der Waals surface area contributed by atoms with Gasteiger partial charge >= 0.3 is 0 Å². The van der Waals surface area contributed by atoms with Gasteiger partial charge in [0.05, 0.1) is 0 Å². The first kappa shape index (κ1) is 13.0. The SMILES string of the molecule is CCN(CCCCO)C1CCCCC1C. The van der Waals surface area contributed by atoms with E-state index < -0.39 is 0 Å². The van der Waals surface area contributed by atoms with Gasteiger partial charge in [-0.15, -0.1) is 0 Å². The summed E-state index contributed by atoms with van der Waals surface area (Å²) in [5.74, 6) is 0.868. The fraction of sp³-hybridized carbons (Fsp3) is 1.00. The van der Waals surface area contributed by atoms with Crippen molar-refractivity contribution in [1.29, 1.82) is 0 Å². The van der Waals surface area contributed by atoms with Gasteiger partial charge < -0.3 is 10.0 Å². The average molecular weight is 213 g/mol. The summed E-state index contributed by atoms with van der Waals surface area (Å²) >= 11 is 0. The highest BCUT2D eigenvalue weighted by Gasteiger charge is 2.25. The lowest BCUT2D eigenvalue weighted by atomic mass is 9.85. The smallest absolute Gasteiger partial charge is 0.0431 e. The summed E-state index contributed by atoms with van der Waals surface area (Å²) in [5, 5.41) is 8.80. The molecule has 2 atom stereocenters. The lowest BCUT2D eigenvalue weighted by Crippen LogP contribution is -2.42. The van der Waals surface area contributed by atoms with Crippen LogP contribution in [0.2, 0.25) is 0 Å². The standard InChI is InChI=1S/C13H27NO/c1-3-14(10-6-7-11-15)13-9-5-4-8-12(13)2/h12-13,15H,3-11H2,1-2H3. The van der Waals surface area contributed by atoms with Crippen LogP contribution in [0.15, 0.2) is 0 Å². The van der Waals surface area contributed by atoms with Crippen LogP contribution in [0.25, 0.3) is 0 Å². The normalized spacial score (nSPS) is 27.2. The molecule has 1 rings (SSSR count). The van der Waals surface area contributed by atoms with Crippen molar-refractivity contribution in [1.82, 2.24) is 4.90 Å². The molecule has 90 valence electrons. The number of unbranched alkanes of at least 4 members (excludes halogenated alkanes) is 1. The topological polar surface area (TPSA) is 23.5 Å². The van der Waals surface area contributed by atoms with Crippen molar-refractivity contribution in [3.8, 4) is 0 Å². The maximum atomic E-state index is 8.80. The van der Waals surface area contributed by atoms with Gasteiger partial charge in [0.2, 0.25) is 0 Å². The van der Waals surface area contributed by atoms with Crippen molar-refractivity contribution >= 4 is 0 Å². The number of hydrogen-bond acceptors (Lipinski definition) is 2. The molecule has 0 saturated heterocycles. The first-order valence-corrected chi connectivity index (χ1v) is 6.64. The highest BCUT2D eigenvalue weighted by molar-refractivity contribution is 4.80. The molecule has 2 nitrogen and oxygen atoms in total. The van der Waals surface area contributed by atoms with Crippen molar-refractivity contribution < 1.29 is 5.11 Å². The quantitative estimate of drug-likeness (QED) is 0.686. The van der Waals surface area contributed by atoms with E-state index in [1.165, 1.54) is 38.8 Å². The summed E-state index contributed by atoms with van der Waals surface area (Å²) in [6.45, 7) is 7.35. The minimum absolute atomic E-state index is 0.345. The summed E-state index contributed by atoms with van der Waals surface area (Å²) in [6.07, 6.45) is 7.72. The molecule has 1 saturated carbocycles. The van der Waals surface area contributed by atoms with Gasteiger partial charge in [0.1, 0.15) is 0 Å². The Hall–Kier alpha value is -0.0800. The van der Waals surface area contributed by atoms with E-state index in [1.54, 1.807) is 0 Å². The molecule has 0 aliphatic heterocycles. The average Bonchev–Trinajstić information content (AvgIpc) is 2.26. The molecule has 0 aromatic rings. The van der Waals surface area contributed by atoms with Crippen molar-refractivity contribution in [3.63, 3.8) is 0 Å². The van der Waals surface area contributed by atoms with Gasteiger partial charge in [-0.2, -0.15) is 0 Å². The zero-order valence-corrected chi connectivity index (χ0v) is 10.4. The summed E-state index contributed by atoms with van der Waals surface area (Å²) < 4.78 is 0. The zero-order valence-electron chi connectivity index (χ0n) is 10.4. The molecule has 1 N–H and O–H groups in total. The van der Waals surface area contributed by atoms with E-state index in [0.717, 1.165) is 24.8 Å². The summed E-state index contributed by atoms with van der Waals surface area (Å²) in [4.78, 5) is 2.62. The number of hydrogen-bond donors (Lipinski definition) is 1. The van der Waals surface area contributed by atoms with Crippen LogP contribution in [0.5, 0.6) is 0 Å². The van der Waals surface area contributed by atoms with E-state index in [1.807, 2.05) is 0 Å². The minimum Gasteiger partial charge on any atom is -0.396 e. The molecule has 1 aliphatic carbocycles. The third kappa shape index (κ3) is 4.12. The number of nitrogens with zero attached hydrogens (tertiary/aromatic N) is 1. The van der Waals surface area contributed by atoms with Crippen molar-refractivity contribution in [2.45, 2.75) is 58.4 Å². The Bertz CT molecular complexity index is 161. The molecule has 0 amide bonds. The van der Waals surface area contributed by atoms with Crippen LogP contribution in [0.4, 0.5) is 0 Å². The van der Waals surface area contributed by atoms with E-state index in [9.17, 15) is 0 Å². The van der Waals surface area contributed by atoms with Crippen molar-refractivity contribution in [2.24, 2.45) is 5.92 Å². The molecule has 2 heteroatoms. The van der Waals surface area contributed by atoms with E-state index in [4.69, 9.17) is 5.11 Å². The van der Waals surface area contributed by atoms with Gasteiger partial charge in [-0.1, -0.05) is 26.7 Å². The highest BCUT2D eigenvalue weighted by atomic mass is 16.2. The van der Waals surface area contributed by atoms with Gasteiger partial charge in [0.25, 0.3) is 0 Å². The largest absolute Gasteiger partial charge is 0.396 e.